The van der Waals surface area contributed by atoms with Crippen molar-refractivity contribution < 1.29 is 14.6 Å². The van der Waals surface area contributed by atoms with E-state index in [1.165, 1.54) is 7.11 Å². The Bertz CT molecular complexity index is 900. The number of hydrogen-bond donors (Lipinski definition) is 1. The zero-order chi connectivity index (χ0) is 16.2. The molecule has 0 unspecified atom stereocenters. The number of hydrogen-bond acceptors (Lipinski definition) is 4. The molecule has 4 heteroatoms. The Morgan fingerprint density at radius 1 is 1.09 bits per heavy atom. The quantitative estimate of drug-likeness (QED) is 0.586. The molecule has 1 N–H and O–H groups in total. The van der Waals surface area contributed by atoms with Crippen molar-refractivity contribution in [3.05, 3.63) is 65.4 Å². The van der Waals surface area contributed by atoms with Gasteiger partial charge in [0.05, 0.1) is 18.2 Å². The minimum atomic E-state index is -0.142. The molecule has 1 heterocycles. The Morgan fingerprint density at radius 2 is 1.91 bits per heavy atom. The number of ether oxygens (including phenoxy) is 1. The molecule has 0 fully saturated rings. The van der Waals surface area contributed by atoms with Gasteiger partial charge in [-0.15, -0.1) is 0 Å². The van der Waals surface area contributed by atoms with E-state index >= 15 is 0 Å². The van der Waals surface area contributed by atoms with Crippen LogP contribution in [0.1, 0.15) is 21.5 Å². The first-order valence-corrected chi connectivity index (χ1v) is 7.10. The highest BCUT2D eigenvalue weighted by Gasteiger charge is 2.08. The van der Waals surface area contributed by atoms with E-state index in [-0.39, 0.29) is 17.1 Å². The monoisotopic (exact) mass is 305 g/mol. The fourth-order valence-electron chi connectivity index (χ4n) is 2.38. The molecule has 114 valence electrons. The van der Waals surface area contributed by atoms with E-state index in [0.29, 0.717) is 6.29 Å². The number of aromatic hydroxyl groups is 1. The number of phenolic OH excluding ortho intramolecular Hbond substituents is 1. The number of fused-ring (bicyclic) bond motifs is 1. The Hall–Kier alpha value is -3.14. The number of aromatic nitrogens is 1. The van der Waals surface area contributed by atoms with Crippen LogP contribution in [0.4, 0.5) is 0 Å². The lowest BCUT2D eigenvalue weighted by atomic mass is 10.1. The number of aldehydes is 1. The third kappa shape index (κ3) is 3.06. The minimum absolute atomic E-state index is 0.142. The van der Waals surface area contributed by atoms with Gasteiger partial charge in [0.15, 0.2) is 17.8 Å². The van der Waals surface area contributed by atoms with Gasteiger partial charge in [0.2, 0.25) is 0 Å². The van der Waals surface area contributed by atoms with Crippen LogP contribution in [0.3, 0.4) is 0 Å². The fourth-order valence-corrected chi connectivity index (χ4v) is 2.38. The molecular formula is C19H15NO3. The lowest BCUT2D eigenvalue weighted by molar-refractivity contribution is 0.112. The molecule has 0 aliphatic heterocycles. The van der Waals surface area contributed by atoms with Crippen LogP contribution in [0.25, 0.3) is 23.1 Å². The van der Waals surface area contributed by atoms with Gasteiger partial charge in [-0.3, -0.25) is 9.78 Å². The largest absolute Gasteiger partial charge is 0.504 e. The molecule has 23 heavy (non-hydrogen) atoms. The first kappa shape index (κ1) is 14.8. The Balaban J connectivity index is 1.96. The summed E-state index contributed by atoms with van der Waals surface area (Å²) in [5.74, 6) is 0.133. The molecule has 4 nitrogen and oxygen atoms in total. The number of nitrogens with zero attached hydrogens (tertiary/aromatic N) is 1. The van der Waals surface area contributed by atoms with Crippen molar-refractivity contribution in [3.63, 3.8) is 0 Å². The van der Waals surface area contributed by atoms with Crippen molar-refractivity contribution >= 4 is 29.3 Å². The van der Waals surface area contributed by atoms with Gasteiger partial charge in [-0.1, -0.05) is 24.3 Å². The second-order valence-electron chi connectivity index (χ2n) is 5.07. The number of carbonyl (C=O) groups is 1. The topological polar surface area (TPSA) is 59.4 Å². The van der Waals surface area contributed by atoms with E-state index in [1.807, 2.05) is 42.5 Å². The molecular weight excluding hydrogens is 290 g/mol. The molecule has 0 saturated heterocycles. The van der Waals surface area contributed by atoms with Crippen LogP contribution in [0.2, 0.25) is 0 Å². The molecule has 0 atom stereocenters. The van der Waals surface area contributed by atoms with Gasteiger partial charge in [-0.25, -0.2) is 0 Å². The van der Waals surface area contributed by atoms with Crippen molar-refractivity contribution in [1.29, 1.82) is 0 Å². The molecule has 0 amide bonds. The summed E-state index contributed by atoms with van der Waals surface area (Å²) in [6.45, 7) is 0. The summed E-state index contributed by atoms with van der Waals surface area (Å²) in [5.41, 5.74) is 2.93. The van der Waals surface area contributed by atoms with Crippen LogP contribution in [0.15, 0.2) is 48.7 Å². The summed E-state index contributed by atoms with van der Waals surface area (Å²) in [6.07, 6.45) is 6.18. The van der Waals surface area contributed by atoms with Crippen LogP contribution in [0.5, 0.6) is 11.5 Å². The highest BCUT2D eigenvalue weighted by atomic mass is 16.5. The van der Waals surface area contributed by atoms with E-state index in [1.54, 1.807) is 18.3 Å². The number of benzene rings is 2. The highest BCUT2D eigenvalue weighted by molar-refractivity contribution is 5.85. The maximum absolute atomic E-state index is 11.0. The van der Waals surface area contributed by atoms with Gasteiger partial charge >= 0.3 is 0 Å². The summed E-state index contributed by atoms with van der Waals surface area (Å²) < 4.78 is 5.09. The third-order valence-electron chi connectivity index (χ3n) is 3.57. The van der Waals surface area contributed by atoms with Gasteiger partial charge in [0, 0.05) is 11.6 Å². The summed E-state index contributed by atoms with van der Waals surface area (Å²) >= 11 is 0. The van der Waals surface area contributed by atoms with E-state index in [2.05, 4.69) is 4.98 Å². The van der Waals surface area contributed by atoms with Crippen LogP contribution < -0.4 is 4.74 Å². The van der Waals surface area contributed by atoms with Crippen molar-refractivity contribution in [2.24, 2.45) is 0 Å². The van der Waals surface area contributed by atoms with Crippen LogP contribution in [0, 0.1) is 0 Å². The smallest absolute Gasteiger partial charge is 0.168 e. The Labute approximate surface area is 133 Å². The number of pyridine rings is 1. The molecule has 0 radical (unpaired) electrons. The fraction of sp³-hybridized carbons (Fsp3) is 0.0526. The molecule has 0 aliphatic rings. The predicted molar refractivity (Wildman–Crippen MR) is 90.7 cm³/mol. The van der Waals surface area contributed by atoms with Gasteiger partial charge in [-0.2, -0.15) is 0 Å². The first-order chi connectivity index (χ1) is 11.2. The average molecular weight is 305 g/mol. The molecule has 0 saturated carbocycles. The maximum atomic E-state index is 11.0. The van der Waals surface area contributed by atoms with E-state index in [4.69, 9.17) is 4.74 Å². The summed E-state index contributed by atoms with van der Waals surface area (Å²) in [5, 5.41) is 10.9. The third-order valence-corrected chi connectivity index (χ3v) is 3.57. The van der Waals surface area contributed by atoms with Crippen molar-refractivity contribution in [1.82, 2.24) is 4.98 Å². The summed E-state index contributed by atoms with van der Waals surface area (Å²) in [4.78, 5) is 15.3. The second kappa shape index (κ2) is 6.32. The van der Waals surface area contributed by atoms with Crippen LogP contribution >= 0.6 is 0 Å². The molecule has 3 rings (SSSR count). The average Bonchev–Trinajstić information content (AvgIpc) is 2.60. The molecule has 2 aromatic carbocycles. The van der Waals surface area contributed by atoms with Gasteiger partial charge in [0.1, 0.15) is 0 Å². The Kier molecular flexibility index (Phi) is 4.06. The normalized spacial score (nSPS) is 11.0. The van der Waals surface area contributed by atoms with Crippen LogP contribution in [-0.2, 0) is 0 Å². The number of carbonyl (C=O) groups excluding carboxylic acids is 1. The van der Waals surface area contributed by atoms with E-state index < -0.39 is 0 Å². The number of phenols is 1. The lowest BCUT2D eigenvalue weighted by Gasteiger charge is -2.07. The molecule has 0 aliphatic carbocycles. The van der Waals surface area contributed by atoms with Crippen molar-refractivity contribution in [2.75, 3.05) is 7.11 Å². The summed E-state index contributed by atoms with van der Waals surface area (Å²) in [7, 11) is 1.45. The zero-order valence-corrected chi connectivity index (χ0v) is 12.6. The lowest BCUT2D eigenvalue weighted by Crippen LogP contribution is -1.90. The van der Waals surface area contributed by atoms with Gasteiger partial charge in [-0.05, 0) is 41.5 Å². The Morgan fingerprint density at radius 3 is 2.70 bits per heavy atom. The summed E-state index contributed by atoms with van der Waals surface area (Å²) in [6, 6.07) is 13.2. The standard InChI is InChI=1S/C19H15NO3/c1-23-18-11-14(10-16(12-21)19(18)22)5-4-13-6-7-17-15(9-13)3-2-8-20-17/h2-12,22H,1H3/b5-4+. The SMILES string of the molecule is COc1cc(/C=C/c2ccc3ncccc3c2)cc(C=O)c1O. The molecule has 1 aromatic heterocycles. The highest BCUT2D eigenvalue weighted by Crippen LogP contribution is 2.31. The van der Waals surface area contributed by atoms with Crippen molar-refractivity contribution in [3.8, 4) is 11.5 Å². The van der Waals surface area contributed by atoms with E-state index in [0.717, 1.165) is 22.0 Å². The number of rotatable bonds is 4. The minimum Gasteiger partial charge on any atom is -0.504 e. The predicted octanol–water partition coefficient (Wildman–Crippen LogP) is 3.93. The first-order valence-electron chi connectivity index (χ1n) is 7.10. The van der Waals surface area contributed by atoms with Crippen molar-refractivity contribution in [2.45, 2.75) is 0 Å². The van der Waals surface area contributed by atoms with E-state index in [9.17, 15) is 9.90 Å². The number of methoxy groups -OCH3 is 1. The van der Waals surface area contributed by atoms with Gasteiger partial charge < -0.3 is 9.84 Å². The second-order valence-corrected chi connectivity index (χ2v) is 5.07. The van der Waals surface area contributed by atoms with Gasteiger partial charge in [0.25, 0.3) is 0 Å². The zero-order valence-electron chi connectivity index (χ0n) is 12.6. The van der Waals surface area contributed by atoms with Crippen LogP contribution in [-0.4, -0.2) is 23.5 Å². The molecule has 3 aromatic rings. The molecule has 0 spiro atoms. The maximum Gasteiger partial charge on any atom is 0.168 e. The molecule has 0 bridgehead atoms.